The van der Waals surface area contributed by atoms with Crippen molar-refractivity contribution in [1.82, 2.24) is 9.88 Å². The molecule has 0 saturated carbocycles. The van der Waals surface area contributed by atoms with Gasteiger partial charge in [0.2, 0.25) is 0 Å². The Morgan fingerprint density at radius 2 is 1.85 bits per heavy atom. The molecule has 0 aliphatic rings. The van der Waals surface area contributed by atoms with Crippen LogP contribution in [0.25, 0.3) is 0 Å². The van der Waals surface area contributed by atoms with Crippen LogP contribution in [0.1, 0.15) is 18.1 Å². The summed E-state index contributed by atoms with van der Waals surface area (Å²) >= 11 is 0. The zero-order chi connectivity index (χ0) is 14.4. The minimum atomic E-state index is 0.761. The number of hydrogen-bond donors (Lipinski definition) is 1. The van der Waals surface area contributed by atoms with Crippen molar-refractivity contribution in [2.45, 2.75) is 20.0 Å². The molecule has 20 heavy (non-hydrogen) atoms. The Labute approximate surface area is 120 Å². The van der Waals surface area contributed by atoms with Gasteiger partial charge in [-0.3, -0.25) is 0 Å². The van der Waals surface area contributed by atoms with Gasteiger partial charge in [-0.15, -0.1) is 0 Å². The Morgan fingerprint density at radius 3 is 2.55 bits per heavy atom. The number of rotatable bonds is 7. The highest BCUT2D eigenvalue weighted by Gasteiger charge is 2.05. The van der Waals surface area contributed by atoms with Gasteiger partial charge in [0.05, 0.1) is 14.2 Å². The minimum absolute atomic E-state index is 0.761. The SMILES string of the molecule is CCNCc1ccn(Cc2ccc(OC)c(OC)c2)c1. The summed E-state index contributed by atoms with van der Waals surface area (Å²) in [6.07, 6.45) is 4.27. The van der Waals surface area contributed by atoms with Crippen molar-refractivity contribution in [1.29, 1.82) is 0 Å². The van der Waals surface area contributed by atoms with E-state index >= 15 is 0 Å². The van der Waals surface area contributed by atoms with Gasteiger partial charge >= 0.3 is 0 Å². The van der Waals surface area contributed by atoms with E-state index in [2.05, 4.69) is 41.3 Å². The summed E-state index contributed by atoms with van der Waals surface area (Å²) in [5.41, 5.74) is 2.49. The van der Waals surface area contributed by atoms with Crippen LogP contribution in [0.15, 0.2) is 36.7 Å². The molecule has 1 aromatic carbocycles. The van der Waals surface area contributed by atoms with Gasteiger partial charge in [-0.25, -0.2) is 0 Å². The monoisotopic (exact) mass is 274 g/mol. The molecule has 0 aliphatic carbocycles. The van der Waals surface area contributed by atoms with Crippen molar-refractivity contribution >= 4 is 0 Å². The van der Waals surface area contributed by atoms with Crippen molar-refractivity contribution in [3.05, 3.63) is 47.8 Å². The van der Waals surface area contributed by atoms with Crippen LogP contribution in [0.3, 0.4) is 0 Å². The Morgan fingerprint density at radius 1 is 1.05 bits per heavy atom. The highest BCUT2D eigenvalue weighted by molar-refractivity contribution is 5.43. The third-order valence-electron chi connectivity index (χ3n) is 3.20. The van der Waals surface area contributed by atoms with Crippen LogP contribution in [0.2, 0.25) is 0 Å². The molecule has 0 amide bonds. The fourth-order valence-corrected chi connectivity index (χ4v) is 2.15. The summed E-state index contributed by atoms with van der Waals surface area (Å²) in [5, 5.41) is 3.33. The van der Waals surface area contributed by atoms with Crippen LogP contribution < -0.4 is 14.8 Å². The highest BCUT2D eigenvalue weighted by Crippen LogP contribution is 2.27. The minimum Gasteiger partial charge on any atom is -0.493 e. The summed E-state index contributed by atoms with van der Waals surface area (Å²) < 4.78 is 12.8. The van der Waals surface area contributed by atoms with Gasteiger partial charge in [-0.2, -0.15) is 0 Å². The van der Waals surface area contributed by atoms with E-state index in [1.807, 2.05) is 12.1 Å². The maximum atomic E-state index is 5.33. The molecule has 0 saturated heterocycles. The summed E-state index contributed by atoms with van der Waals surface area (Å²) in [4.78, 5) is 0. The Kier molecular flexibility index (Phi) is 5.07. The lowest BCUT2D eigenvalue weighted by Crippen LogP contribution is -2.11. The summed E-state index contributed by atoms with van der Waals surface area (Å²) in [6, 6.07) is 8.16. The topological polar surface area (TPSA) is 35.4 Å². The molecule has 4 heteroatoms. The molecule has 1 heterocycles. The van der Waals surface area contributed by atoms with Gasteiger partial charge in [0.15, 0.2) is 11.5 Å². The first-order valence-electron chi connectivity index (χ1n) is 6.83. The molecule has 2 aromatic rings. The number of ether oxygens (including phenoxy) is 2. The van der Waals surface area contributed by atoms with E-state index in [0.717, 1.165) is 31.1 Å². The molecule has 2 rings (SSSR count). The smallest absolute Gasteiger partial charge is 0.161 e. The normalized spacial score (nSPS) is 10.6. The third-order valence-corrected chi connectivity index (χ3v) is 3.20. The molecule has 1 aromatic heterocycles. The largest absolute Gasteiger partial charge is 0.493 e. The first-order valence-corrected chi connectivity index (χ1v) is 6.83. The quantitative estimate of drug-likeness (QED) is 0.843. The van der Waals surface area contributed by atoms with E-state index in [9.17, 15) is 0 Å². The fourth-order valence-electron chi connectivity index (χ4n) is 2.15. The Hall–Kier alpha value is -1.94. The Bertz CT molecular complexity index is 549. The molecule has 0 bridgehead atoms. The number of nitrogens with zero attached hydrogens (tertiary/aromatic N) is 1. The average Bonchev–Trinajstić information content (AvgIpc) is 2.92. The molecule has 0 aliphatic heterocycles. The molecule has 0 unspecified atom stereocenters. The molecule has 1 N–H and O–H groups in total. The second-order valence-electron chi connectivity index (χ2n) is 4.66. The van der Waals surface area contributed by atoms with Gasteiger partial charge in [0, 0.05) is 25.5 Å². The van der Waals surface area contributed by atoms with Gasteiger partial charge in [-0.1, -0.05) is 13.0 Å². The van der Waals surface area contributed by atoms with E-state index in [1.165, 1.54) is 11.1 Å². The van der Waals surface area contributed by atoms with Crippen molar-refractivity contribution in [3.63, 3.8) is 0 Å². The fraction of sp³-hybridized carbons (Fsp3) is 0.375. The summed E-state index contributed by atoms with van der Waals surface area (Å²) in [7, 11) is 3.31. The number of nitrogens with one attached hydrogen (secondary N) is 1. The predicted octanol–water partition coefficient (Wildman–Crippen LogP) is 2.66. The number of methoxy groups -OCH3 is 2. The molecule has 0 radical (unpaired) electrons. The first-order chi connectivity index (χ1) is 9.76. The highest BCUT2D eigenvalue weighted by atomic mass is 16.5. The zero-order valence-corrected chi connectivity index (χ0v) is 12.3. The van der Waals surface area contributed by atoms with Crippen LogP contribution >= 0.6 is 0 Å². The maximum absolute atomic E-state index is 5.33. The van der Waals surface area contributed by atoms with E-state index < -0.39 is 0 Å². The van der Waals surface area contributed by atoms with Gasteiger partial charge in [0.25, 0.3) is 0 Å². The number of hydrogen-bond acceptors (Lipinski definition) is 3. The second-order valence-corrected chi connectivity index (χ2v) is 4.66. The first kappa shape index (κ1) is 14.5. The molecular formula is C16H22N2O2. The Balaban J connectivity index is 2.07. The van der Waals surface area contributed by atoms with Crippen LogP contribution in [0.4, 0.5) is 0 Å². The van der Waals surface area contributed by atoms with E-state index in [-0.39, 0.29) is 0 Å². The maximum Gasteiger partial charge on any atom is 0.161 e. The van der Waals surface area contributed by atoms with Crippen LogP contribution in [0, 0.1) is 0 Å². The van der Waals surface area contributed by atoms with Gasteiger partial charge in [0.1, 0.15) is 0 Å². The van der Waals surface area contributed by atoms with Crippen molar-refractivity contribution in [2.75, 3.05) is 20.8 Å². The second kappa shape index (κ2) is 7.01. The molecule has 0 atom stereocenters. The standard InChI is InChI=1S/C16H22N2O2/c1-4-17-10-14-7-8-18(12-14)11-13-5-6-15(19-2)16(9-13)20-3/h5-9,12,17H,4,10-11H2,1-3H3. The van der Waals surface area contributed by atoms with Gasteiger partial charge < -0.3 is 19.4 Å². The van der Waals surface area contributed by atoms with Crippen molar-refractivity contribution < 1.29 is 9.47 Å². The van der Waals surface area contributed by atoms with Gasteiger partial charge in [-0.05, 0) is 35.9 Å². The van der Waals surface area contributed by atoms with Crippen molar-refractivity contribution in [3.8, 4) is 11.5 Å². The van der Waals surface area contributed by atoms with E-state index in [0.29, 0.717) is 0 Å². The lowest BCUT2D eigenvalue weighted by atomic mass is 10.2. The third kappa shape index (κ3) is 3.54. The van der Waals surface area contributed by atoms with Crippen molar-refractivity contribution in [2.24, 2.45) is 0 Å². The molecule has 0 fully saturated rings. The summed E-state index contributed by atoms with van der Waals surface area (Å²) in [5.74, 6) is 1.53. The molecule has 108 valence electrons. The average molecular weight is 274 g/mol. The predicted molar refractivity (Wildman–Crippen MR) is 80.5 cm³/mol. The van der Waals surface area contributed by atoms with E-state index in [1.54, 1.807) is 14.2 Å². The molecule has 4 nitrogen and oxygen atoms in total. The molecule has 0 spiro atoms. The van der Waals surface area contributed by atoms with Crippen LogP contribution in [0.5, 0.6) is 11.5 Å². The lowest BCUT2D eigenvalue weighted by molar-refractivity contribution is 0.354. The summed E-state index contributed by atoms with van der Waals surface area (Å²) in [6.45, 7) is 4.84. The van der Waals surface area contributed by atoms with E-state index in [4.69, 9.17) is 9.47 Å². The lowest BCUT2D eigenvalue weighted by Gasteiger charge is -2.10. The molecular weight excluding hydrogens is 252 g/mol. The van der Waals surface area contributed by atoms with Crippen LogP contribution in [-0.2, 0) is 13.1 Å². The number of benzene rings is 1. The number of aromatic nitrogens is 1. The van der Waals surface area contributed by atoms with Crippen LogP contribution in [-0.4, -0.2) is 25.3 Å². The zero-order valence-electron chi connectivity index (χ0n) is 12.3.